The maximum atomic E-state index is 5.95. The summed E-state index contributed by atoms with van der Waals surface area (Å²) in [6.07, 6.45) is 23.5. The third-order valence-electron chi connectivity index (χ3n) is 6.56. The van der Waals surface area contributed by atoms with E-state index in [2.05, 4.69) is 74.6 Å². The highest BCUT2D eigenvalue weighted by molar-refractivity contribution is 5.27. The van der Waals surface area contributed by atoms with Crippen molar-refractivity contribution in [2.75, 3.05) is 13.2 Å². The Morgan fingerprint density at radius 2 is 1.86 bits per heavy atom. The van der Waals surface area contributed by atoms with Gasteiger partial charge in [-0.1, -0.05) is 67.6 Å². The number of ether oxygens (including phenoxy) is 1. The van der Waals surface area contributed by atoms with Gasteiger partial charge >= 0.3 is 0 Å². The van der Waals surface area contributed by atoms with Crippen molar-refractivity contribution in [1.82, 2.24) is 0 Å². The summed E-state index contributed by atoms with van der Waals surface area (Å²) in [6, 6.07) is 9.53. The first-order valence-corrected chi connectivity index (χ1v) is 11.4. The van der Waals surface area contributed by atoms with Crippen molar-refractivity contribution >= 4 is 0 Å². The van der Waals surface area contributed by atoms with Gasteiger partial charge in [0.2, 0.25) is 0 Å². The van der Waals surface area contributed by atoms with Crippen LogP contribution >= 0.6 is 0 Å². The molecule has 0 heterocycles. The number of hydrogen-bond donors (Lipinski definition) is 0. The summed E-state index contributed by atoms with van der Waals surface area (Å²) in [4.78, 5) is 0. The summed E-state index contributed by atoms with van der Waals surface area (Å²) in [6.45, 7) is 6.03. The van der Waals surface area contributed by atoms with Gasteiger partial charge in [0, 0.05) is 12.0 Å². The van der Waals surface area contributed by atoms with Crippen molar-refractivity contribution in [3.8, 4) is 0 Å². The van der Waals surface area contributed by atoms with Gasteiger partial charge in [-0.25, -0.2) is 0 Å². The molecule has 3 rings (SSSR count). The first-order valence-electron chi connectivity index (χ1n) is 11.4. The largest absolute Gasteiger partial charge is 0.381 e. The van der Waals surface area contributed by atoms with Gasteiger partial charge in [-0.15, -0.1) is 0 Å². The summed E-state index contributed by atoms with van der Waals surface area (Å²) in [5, 5.41) is 0. The van der Waals surface area contributed by atoms with E-state index in [9.17, 15) is 0 Å². The van der Waals surface area contributed by atoms with Crippen molar-refractivity contribution in [1.29, 1.82) is 0 Å². The molecule has 1 nitrogen and oxygen atoms in total. The van der Waals surface area contributed by atoms with Crippen molar-refractivity contribution in [2.45, 2.75) is 71.1 Å². The Labute approximate surface area is 172 Å². The fraction of sp³-hybridized carbons (Fsp3) is 0.556. The Hall–Kier alpha value is -1.60. The molecular formula is C27H38O. The monoisotopic (exact) mass is 378 g/mol. The van der Waals surface area contributed by atoms with Gasteiger partial charge in [0.1, 0.15) is 0 Å². The van der Waals surface area contributed by atoms with Crippen LogP contribution in [0.5, 0.6) is 0 Å². The smallest absolute Gasteiger partial charge is 0.0560 e. The van der Waals surface area contributed by atoms with Crippen molar-refractivity contribution in [3.05, 3.63) is 71.8 Å². The summed E-state index contributed by atoms with van der Waals surface area (Å²) in [5.74, 6) is 1.57. The zero-order valence-electron chi connectivity index (χ0n) is 17.9. The molecule has 152 valence electrons. The number of benzene rings is 1. The lowest BCUT2D eigenvalue weighted by Crippen LogP contribution is -2.26. The van der Waals surface area contributed by atoms with Gasteiger partial charge in [0.15, 0.2) is 0 Å². The van der Waals surface area contributed by atoms with E-state index >= 15 is 0 Å². The average molecular weight is 379 g/mol. The quantitative estimate of drug-likeness (QED) is 0.321. The van der Waals surface area contributed by atoms with Crippen LogP contribution in [-0.4, -0.2) is 13.2 Å². The van der Waals surface area contributed by atoms with Crippen molar-refractivity contribution in [3.63, 3.8) is 0 Å². The SMILES string of the molecule is CC=C[C@H]1CC[C@H](c2ccc(CCC3(COCCC)C=CC=CC3)cc2)CC1. The van der Waals surface area contributed by atoms with E-state index in [1.54, 1.807) is 5.56 Å². The molecule has 1 atom stereocenters. The molecule has 1 heteroatoms. The van der Waals surface area contributed by atoms with E-state index in [1.165, 1.54) is 31.2 Å². The third kappa shape index (κ3) is 5.95. The van der Waals surface area contributed by atoms with Crippen LogP contribution in [0.25, 0.3) is 0 Å². The fourth-order valence-electron chi connectivity index (χ4n) is 4.76. The maximum Gasteiger partial charge on any atom is 0.0560 e. The molecule has 0 N–H and O–H groups in total. The number of allylic oxidation sites excluding steroid dienone is 5. The lowest BCUT2D eigenvalue weighted by molar-refractivity contribution is 0.0644. The molecule has 0 aromatic heterocycles. The summed E-state index contributed by atoms with van der Waals surface area (Å²) in [7, 11) is 0. The minimum atomic E-state index is 0.174. The first-order chi connectivity index (χ1) is 13.7. The Morgan fingerprint density at radius 3 is 2.50 bits per heavy atom. The molecule has 0 saturated heterocycles. The number of aryl methyl sites for hydroxylation is 1. The second-order valence-electron chi connectivity index (χ2n) is 8.79. The maximum absolute atomic E-state index is 5.95. The Bertz CT molecular complexity index is 658. The lowest BCUT2D eigenvalue weighted by Gasteiger charge is -2.31. The van der Waals surface area contributed by atoms with Crippen LogP contribution in [0.3, 0.4) is 0 Å². The molecule has 1 unspecified atom stereocenters. The fourth-order valence-corrected chi connectivity index (χ4v) is 4.76. The Balaban J connectivity index is 1.53. The summed E-state index contributed by atoms with van der Waals surface area (Å²) in [5.41, 5.74) is 3.18. The first kappa shape index (κ1) is 21.1. The molecule has 0 aliphatic heterocycles. The van der Waals surface area contributed by atoms with E-state index in [0.29, 0.717) is 0 Å². The molecule has 2 aliphatic carbocycles. The standard InChI is InChI=1S/C27H38O/c1-3-8-23-9-13-25(14-10-23)26-15-11-24(12-16-26)17-20-27(22-28-21-4-2)18-6-5-7-19-27/h3,5-8,11-12,15-16,18,23,25H,4,9-10,13-14,17,19-22H2,1-2H3/t23-,25-,27?. The summed E-state index contributed by atoms with van der Waals surface area (Å²) < 4.78 is 5.95. The van der Waals surface area contributed by atoms with Crippen LogP contribution in [0, 0.1) is 11.3 Å². The van der Waals surface area contributed by atoms with Crippen LogP contribution in [-0.2, 0) is 11.2 Å². The number of hydrogen-bond acceptors (Lipinski definition) is 1. The molecule has 1 fully saturated rings. The van der Waals surface area contributed by atoms with E-state index < -0.39 is 0 Å². The molecule has 1 aromatic rings. The zero-order chi connectivity index (χ0) is 19.7. The van der Waals surface area contributed by atoms with E-state index in [0.717, 1.165) is 50.7 Å². The van der Waals surface area contributed by atoms with E-state index in [-0.39, 0.29) is 5.41 Å². The Morgan fingerprint density at radius 1 is 1.07 bits per heavy atom. The highest BCUT2D eigenvalue weighted by atomic mass is 16.5. The van der Waals surface area contributed by atoms with Gasteiger partial charge in [0.05, 0.1) is 6.61 Å². The zero-order valence-corrected chi connectivity index (χ0v) is 17.9. The summed E-state index contributed by atoms with van der Waals surface area (Å²) >= 11 is 0. The van der Waals surface area contributed by atoms with E-state index in [4.69, 9.17) is 4.74 Å². The normalized spacial score (nSPS) is 27.5. The molecule has 2 aliphatic rings. The van der Waals surface area contributed by atoms with Crippen LogP contribution in [0.2, 0.25) is 0 Å². The predicted molar refractivity (Wildman–Crippen MR) is 121 cm³/mol. The molecule has 28 heavy (non-hydrogen) atoms. The molecule has 1 aromatic carbocycles. The molecule has 0 amide bonds. The molecule has 0 bridgehead atoms. The van der Waals surface area contributed by atoms with Crippen LogP contribution in [0.4, 0.5) is 0 Å². The minimum Gasteiger partial charge on any atom is -0.381 e. The van der Waals surface area contributed by atoms with Gasteiger partial charge in [0.25, 0.3) is 0 Å². The van der Waals surface area contributed by atoms with Gasteiger partial charge in [-0.2, -0.15) is 0 Å². The topological polar surface area (TPSA) is 9.23 Å². The average Bonchev–Trinajstić information content (AvgIpc) is 2.75. The van der Waals surface area contributed by atoms with Gasteiger partial charge in [-0.05, 0) is 81.3 Å². The van der Waals surface area contributed by atoms with Gasteiger partial charge in [-0.3, -0.25) is 0 Å². The highest BCUT2D eigenvalue weighted by Crippen LogP contribution is 2.37. The van der Waals surface area contributed by atoms with Gasteiger partial charge < -0.3 is 4.74 Å². The van der Waals surface area contributed by atoms with Crippen molar-refractivity contribution < 1.29 is 4.74 Å². The molecule has 0 radical (unpaired) electrons. The van der Waals surface area contributed by atoms with Crippen LogP contribution < -0.4 is 0 Å². The van der Waals surface area contributed by atoms with Crippen LogP contribution in [0.15, 0.2) is 60.7 Å². The van der Waals surface area contributed by atoms with Crippen LogP contribution in [0.1, 0.15) is 75.8 Å². The minimum absolute atomic E-state index is 0.174. The predicted octanol–water partition coefficient (Wildman–Crippen LogP) is 7.40. The Kier molecular flexibility index (Phi) is 8.15. The molecule has 1 saturated carbocycles. The second-order valence-corrected chi connectivity index (χ2v) is 8.79. The third-order valence-corrected chi connectivity index (χ3v) is 6.56. The highest BCUT2D eigenvalue weighted by Gasteiger charge is 2.27. The number of rotatable bonds is 9. The molecular weight excluding hydrogens is 340 g/mol. The van der Waals surface area contributed by atoms with Crippen molar-refractivity contribution in [2.24, 2.45) is 11.3 Å². The van der Waals surface area contributed by atoms with E-state index in [1.807, 2.05) is 0 Å². The lowest BCUT2D eigenvalue weighted by atomic mass is 9.77. The second kappa shape index (κ2) is 10.8. The molecule has 0 spiro atoms.